The van der Waals surface area contributed by atoms with Crippen molar-refractivity contribution in [1.82, 2.24) is 60.3 Å². The highest BCUT2D eigenvalue weighted by molar-refractivity contribution is 7.61. The maximum Gasteiger partial charge on any atom is 0.481 e. The van der Waals surface area contributed by atoms with Gasteiger partial charge in [0.15, 0.2) is 35.4 Å². The molecule has 4 amide bonds. The zero-order valence-corrected chi connectivity index (χ0v) is 70.7. The summed E-state index contributed by atoms with van der Waals surface area (Å²) in [6.07, 6.45) is -8.84. The highest BCUT2D eigenvalue weighted by Crippen LogP contribution is 2.63. The minimum Gasteiger partial charge on any atom is -0.386 e. The summed E-state index contributed by atoms with van der Waals surface area (Å²) in [6.45, 7) is 7.42. The first kappa shape index (κ1) is 98.7. The maximum atomic E-state index is 13.3. The quantitative estimate of drug-likeness (QED) is 0.0195. The van der Waals surface area contributed by atoms with E-state index in [0.29, 0.717) is 12.8 Å². The summed E-state index contributed by atoms with van der Waals surface area (Å²) < 4.78 is 126. The second-order valence-electron chi connectivity index (χ2n) is 30.5. The number of benzene rings is 1. The third-order valence-electron chi connectivity index (χ3n) is 19.0. The van der Waals surface area contributed by atoms with Gasteiger partial charge in [0, 0.05) is 73.5 Å². The first-order chi connectivity index (χ1) is 54.6. The van der Waals surface area contributed by atoms with E-state index in [2.05, 4.69) is 74.9 Å². The molecule has 2 saturated heterocycles. The van der Waals surface area contributed by atoms with Crippen molar-refractivity contribution in [1.29, 1.82) is 0 Å². The Morgan fingerprint density at radius 1 is 0.500 bits per heavy atom. The van der Waals surface area contributed by atoms with Crippen LogP contribution in [0.4, 0.5) is 11.6 Å². The van der Waals surface area contributed by atoms with Crippen LogP contribution in [-0.2, 0) is 114 Å². The van der Waals surface area contributed by atoms with Crippen LogP contribution in [0.2, 0.25) is 0 Å². The number of aromatic nitrogens is 8. The smallest absolute Gasteiger partial charge is 0.386 e. The molecule has 5 aromatic rings. The van der Waals surface area contributed by atoms with Crippen LogP contribution in [0.5, 0.6) is 0 Å². The number of imidazole rings is 2. The molecule has 662 valence electrons. The standard InChI is InChI=1S/C64H102N14O34P6/c1-61(2,41(79)18-24-67-43(81)20-26-69-57(87)51(85)63(5,6)31-105-117(99,100)111-115(95,96)103-29-39-49(109-113(89,90)91)47(83)59(107-39)77-35-75-45-53(65)71-33-73-55(45)77)22-11-9-14-37-16-13-17-38(28-37)15-10-12-23-62(3,4)42(80)19-25-68-44(82)21-27-70-58(88)52(86)64(7,8)32-106-118(101,102)112-116(97,98)104-30-40-50(110-114(92,93)94)48(84)60(108-40)78-36-76-46-54(66)72-34-74-56(46)78/h13,16-17,28,33-36,39-40,47-52,59-60,83-86H,9-12,14-15,18-27,29-32H2,1-8H3,(H,67,81)(H,68,82)(H,69,87)(H,70,88)(H,95,96)(H,97,98)(H,99,100)(H,101,102)(H2,65,71,73)(H2,66,72,74)(H2,89,90,91)(H2,92,93,94). The topological polar surface area (TPSA) is 727 Å². The van der Waals surface area contributed by atoms with Crippen molar-refractivity contribution in [2.75, 3.05) is 64.1 Å². The zero-order valence-electron chi connectivity index (χ0n) is 65.3. The van der Waals surface area contributed by atoms with Crippen LogP contribution >= 0.6 is 46.9 Å². The molecule has 6 heterocycles. The number of aryl methyl sites for hydroxylation is 2. The molecule has 0 spiro atoms. The molecule has 20 N–H and O–H groups in total. The number of ether oxygens (including phenoxy) is 2. The van der Waals surface area contributed by atoms with Gasteiger partial charge in [-0.05, 0) is 49.7 Å². The lowest BCUT2D eigenvalue weighted by Gasteiger charge is -2.30. The number of phosphoric acid groups is 6. The number of Topliss-reactive ketones (excluding diaryl/α,β-unsaturated/α-hetero) is 2. The Balaban J connectivity index is 0.708. The van der Waals surface area contributed by atoms with Gasteiger partial charge in [-0.2, -0.15) is 8.62 Å². The minimum absolute atomic E-state index is 0.00280. The molecule has 14 unspecified atom stereocenters. The third-order valence-corrected chi connectivity index (χ3v) is 25.2. The number of rotatable bonds is 50. The van der Waals surface area contributed by atoms with Crippen LogP contribution in [-0.4, -0.2) is 235 Å². The van der Waals surface area contributed by atoms with Crippen LogP contribution in [0, 0.1) is 21.7 Å². The number of fused-ring (bicyclic) bond motifs is 2. The van der Waals surface area contributed by atoms with Crippen LogP contribution in [0.3, 0.4) is 0 Å². The molecule has 2 aliphatic heterocycles. The largest absolute Gasteiger partial charge is 0.481 e. The summed E-state index contributed by atoms with van der Waals surface area (Å²) in [5.74, 6) is -3.43. The van der Waals surface area contributed by atoms with E-state index in [4.69, 9.17) is 39.0 Å². The average molecular weight is 1800 g/mol. The fraction of sp³-hybridized carbons (Fsp3) is 0.656. The van der Waals surface area contributed by atoms with Gasteiger partial charge in [0.1, 0.15) is 84.1 Å². The van der Waals surface area contributed by atoms with Gasteiger partial charge >= 0.3 is 46.9 Å². The Hall–Kier alpha value is -6.36. The van der Waals surface area contributed by atoms with Crippen LogP contribution in [0.25, 0.3) is 22.3 Å². The number of unbranched alkanes of at least 4 members (excludes halogenated alkanes) is 2. The lowest BCUT2D eigenvalue weighted by Crippen LogP contribution is -2.46. The number of nitrogens with one attached hydrogen (secondary N) is 4. The van der Waals surface area contributed by atoms with E-state index in [-0.39, 0.29) is 97.4 Å². The number of hydrogen-bond acceptors (Lipinski definition) is 34. The number of aliphatic hydroxyl groups excluding tert-OH is 4. The predicted octanol–water partition coefficient (Wildman–Crippen LogP) is 1.92. The first-order valence-corrected chi connectivity index (χ1v) is 45.6. The molecule has 118 heavy (non-hydrogen) atoms. The maximum absolute atomic E-state index is 13.3. The number of nitrogens with zero attached hydrogens (tertiary/aromatic N) is 8. The van der Waals surface area contributed by atoms with Crippen LogP contribution < -0.4 is 32.7 Å². The molecule has 2 fully saturated rings. The van der Waals surface area contributed by atoms with Crippen molar-refractivity contribution in [3.8, 4) is 0 Å². The molecule has 14 atom stereocenters. The Morgan fingerprint density at radius 3 is 1.20 bits per heavy atom. The molecule has 0 radical (unpaired) electrons. The molecule has 54 heteroatoms. The van der Waals surface area contributed by atoms with Gasteiger partial charge in [0.2, 0.25) is 23.6 Å². The number of aliphatic hydroxyl groups is 4. The summed E-state index contributed by atoms with van der Waals surface area (Å²) in [5.41, 5.74) is 9.15. The number of nitrogens with two attached hydrogens (primary N) is 2. The van der Waals surface area contributed by atoms with E-state index in [1.54, 1.807) is 0 Å². The monoisotopic (exact) mass is 1800 g/mol. The number of nitrogen functional groups attached to an aromatic ring is 2. The van der Waals surface area contributed by atoms with E-state index >= 15 is 0 Å². The number of carbonyl (C=O) groups excluding carboxylic acids is 6. The number of ketones is 2. The summed E-state index contributed by atoms with van der Waals surface area (Å²) in [7, 11) is -33.2. The molecule has 48 nitrogen and oxygen atoms in total. The lowest BCUT2D eigenvalue weighted by molar-refractivity contribution is -0.137. The molecule has 0 saturated carbocycles. The van der Waals surface area contributed by atoms with Crippen molar-refractivity contribution in [2.24, 2.45) is 21.7 Å². The van der Waals surface area contributed by atoms with E-state index in [0.717, 1.165) is 84.1 Å². The molecule has 4 aromatic heterocycles. The normalized spacial score (nSPS) is 21.6. The molecule has 0 aliphatic carbocycles. The Labute approximate surface area is 674 Å². The van der Waals surface area contributed by atoms with Crippen LogP contribution in [0.15, 0.2) is 49.6 Å². The SMILES string of the molecule is CC(C)(CCCCc1cccc(CCCCC(C)(C)C(=O)CCNC(=O)CCNC(=O)C(O)C(C)(C)COP(=O)(O)OP(=O)(O)OCC2OC(n3cnc4c(N)ncnc43)C(O)C2OP(=O)(O)O)c1)C(=O)CCNC(=O)CCNC(=O)C(O)C(C)(C)COP(=O)(O)OP(=O)(O)OCC1OC(n2cnc3c(N)ncnc32)C(O)C1OP(=O)(O)O. The summed E-state index contributed by atoms with van der Waals surface area (Å²) in [4.78, 5) is 181. The van der Waals surface area contributed by atoms with Gasteiger partial charge in [-0.25, -0.2) is 57.3 Å². The fourth-order valence-electron chi connectivity index (χ4n) is 12.2. The van der Waals surface area contributed by atoms with E-state index in [1.165, 1.54) is 27.7 Å². The molecular weight excluding hydrogens is 1690 g/mol. The summed E-state index contributed by atoms with van der Waals surface area (Å²) >= 11 is 0. The summed E-state index contributed by atoms with van der Waals surface area (Å²) in [6, 6.07) is 8.15. The van der Waals surface area contributed by atoms with E-state index in [1.807, 2.05) is 45.9 Å². The highest BCUT2D eigenvalue weighted by atomic mass is 31.3. The number of amides is 4. The molecule has 0 bridgehead atoms. The van der Waals surface area contributed by atoms with Gasteiger partial charge in [0.05, 0.1) is 39.1 Å². The van der Waals surface area contributed by atoms with Crippen molar-refractivity contribution in [2.45, 2.75) is 194 Å². The molecule has 2 aliphatic rings. The number of anilines is 2. The van der Waals surface area contributed by atoms with Crippen molar-refractivity contribution in [3.63, 3.8) is 0 Å². The van der Waals surface area contributed by atoms with Gasteiger partial charge in [-0.1, -0.05) is 92.5 Å². The van der Waals surface area contributed by atoms with E-state index < -0.39 is 180 Å². The molecule has 7 rings (SSSR count). The molecular formula is C64H102N14O34P6. The third kappa shape index (κ3) is 29.4. The number of phosphoric ester groups is 6. The lowest BCUT2D eigenvalue weighted by atomic mass is 9.81. The van der Waals surface area contributed by atoms with Gasteiger partial charge in [-0.3, -0.25) is 65.0 Å². The number of carbonyl (C=O) groups is 6. The minimum atomic E-state index is -5.65. The second kappa shape index (κ2) is 41.2. The Morgan fingerprint density at radius 2 is 0.847 bits per heavy atom. The average Bonchev–Trinajstić information content (AvgIpc) is 1.62. The first-order valence-electron chi connectivity index (χ1n) is 36.5. The van der Waals surface area contributed by atoms with E-state index in [9.17, 15) is 116 Å². The van der Waals surface area contributed by atoms with Gasteiger partial charge in [0.25, 0.3) is 0 Å². The van der Waals surface area contributed by atoms with Crippen molar-refractivity contribution in [3.05, 3.63) is 60.7 Å². The Kier molecular flexibility index (Phi) is 34.5. The van der Waals surface area contributed by atoms with Gasteiger partial charge in [-0.15, -0.1) is 0 Å². The zero-order chi connectivity index (χ0) is 88.0. The van der Waals surface area contributed by atoms with Crippen molar-refractivity contribution < 1.29 is 161 Å². The number of hydrogen-bond donors (Lipinski definition) is 18. The fourth-order valence-corrected chi connectivity index (χ4v) is 17.9. The second-order valence-corrected chi connectivity index (χ2v) is 39.0. The Bertz CT molecular complexity index is 4360. The highest BCUT2D eigenvalue weighted by Gasteiger charge is 2.53. The molecule has 1 aromatic carbocycles. The predicted molar refractivity (Wildman–Crippen MR) is 408 cm³/mol. The van der Waals surface area contributed by atoms with Gasteiger partial charge < -0.3 is 102 Å². The van der Waals surface area contributed by atoms with Crippen molar-refractivity contribution >= 4 is 116 Å². The summed E-state index contributed by atoms with van der Waals surface area (Å²) in [5, 5.41) is 53.6. The van der Waals surface area contributed by atoms with Crippen LogP contribution in [0.1, 0.15) is 143 Å².